The Morgan fingerprint density at radius 1 is 0.882 bits per heavy atom. The first-order valence-corrected chi connectivity index (χ1v) is 4.26. The largest absolute Gasteiger partial charge is 0.471 e. The van der Waals surface area contributed by atoms with Crippen molar-refractivity contribution in [2.24, 2.45) is 0 Å². The predicted molar refractivity (Wildman–Crippen MR) is 47.4 cm³/mol. The van der Waals surface area contributed by atoms with E-state index >= 15 is 0 Å². The van der Waals surface area contributed by atoms with Gasteiger partial charge in [0, 0.05) is 5.69 Å². The number of halogens is 6. The summed E-state index contributed by atoms with van der Waals surface area (Å²) in [6.07, 6.45) is -14.9. The van der Waals surface area contributed by atoms with Crippen LogP contribution in [0.25, 0.3) is 0 Å². The molecule has 1 aromatic rings. The van der Waals surface area contributed by atoms with Gasteiger partial charge in [0.25, 0.3) is 6.10 Å². The number of ether oxygens (including phenoxy) is 1. The molecule has 0 aliphatic rings. The predicted octanol–water partition coefficient (Wildman–Crippen LogP) is 3.14. The van der Waals surface area contributed by atoms with E-state index in [1.807, 2.05) is 0 Å². The van der Waals surface area contributed by atoms with Gasteiger partial charge in [0.1, 0.15) is 5.75 Å². The van der Waals surface area contributed by atoms with Crippen molar-refractivity contribution in [3.63, 3.8) is 0 Å². The van der Waals surface area contributed by atoms with E-state index in [9.17, 15) is 26.3 Å². The molecular formula is C9H7F6NO. The van der Waals surface area contributed by atoms with Gasteiger partial charge in [-0.05, 0) is 24.3 Å². The van der Waals surface area contributed by atoms with E-state index in [4.69, 9.17) is 5.73 Å². The maximum atomic E-state index is 12.1. The molecular weight excluding hydrogens is 252 g/mol. The van der Waals surface area contributed by atoms with Crippen molar-refractivity contribution in [1.29, 1.82) is 0 Å². The molecule has 0 radical (unpaired) electrons. The topological polar surface area (TPSA) is 35.2 Å². The Morgan fingerprint density at radius 3 is 1.65 bits per heavy atom. The third-order valence-corrected chi connectivity index (χ3v) is 1.73. The minimum atomic E-state index is -5.53. The molecule has 0 amide bonds. The van der Waals surface area contributed by atoms with Crippen molar-refractivity contribution in [3.8, 4) is 5.75 Å². The van der Waals surface area contributed by atoms with Gasteiger partial charge in [0.2, 0.25) is 0 Å². The highest BCUT2D eigenvalue weighted by Gasteiger charge is 2.59. The fourth-order valence-electron chi connectivity index (χ4n) is 1.00. The Hall–Kier alpha value is -1.60. The van der Waals surface area contributed by atoms with Crippen molar-refractivity contribution in [2.75, 3.05) is 5.73 Å². The van der Waals surface area contributed by atoms with E-state index in [0.717, 1.165) is 24.3 Å². The fourth-order valence-corrected chi connectivity index (χ4v) is 1.00. The first-order chi connectivity index (χ1) is 7.60. The molecule has 96 valence electrons. The minimum Gasteiger partial charge on any atom is -0.471 e. The van der Waals surface area contributed by atoms with Gasteiger partial charge in [0.05, 0.1) is 0 Å². The van der Waals surface area contributed by atoms with Gasteiger partial charge in [-0.15, -0.1) is 0 Å². The number of nitrogen functional groups attached to an aromatic ring is 1. The molecule has 0 atom stereocenters. The van der Waals surface area contributed by atoms with Crippen LogP contribution in [0.4, 0.5) is 32.0 Å². The summed E-state index contributed by atoms with van der Waals surface area (Å²) < 4.78 is 76.6. The summed E-state index contributed by atoms with van der Waals surface area (Å²) in [5, 5.41) is 0. The van der Waals surface area contributed by atoms with Gasteiger partial charge in [0.15, 0.2) is 0 Å². The second-order valence-electron chi connectivity index (χ2n) is 3.15. The molecule has 0 aromatic heterocycles. The van der Waals surface area contributed by atoms with Gasteiger partial charge < -0.3 is 10.5 Å². The van der Waals surface area contributed by atoms with Crippen LogP contribution in [0.15, 0.2) is 24.3 Å². The van der Waals surface area contributed by atoms with Gasteiger partial charge in [-0.25, -0.2) is 0 Å². The smallest absolute Gasteiger partial charge is 0.434 e. The molecule has 0 spiro atoms. The first-order valence-electron chi connectivity index (χ1n) is 4.26. The third kappa shape index (κ3) is 3.72. The summed E-state index contributed by atoms with van der Waals surface area (Å²) in [5.41, 5.74) is 5.43. The molecule has 0 heterocycles. The summed E-state index contributed by atoms with van der Waals surface area (Å²) in [4.78, 5) is 0. The lowest BCUT2D eigenvalue weighted by Crippen LogP contribution is -2.46. The summed E-state index contributed by atoms with van der Waals surface area (Å²) in [6, 6.07) is 4.14. The summed E-state index contributed by atoms with van der Waals surface area (Å²) in [7, 11) is 0. The van der Waals surface area contributed by atoms with E-state index in [1.54, 1.807) is 0 Å². The summed E-state index contributed by atoms with van der Waals surface area (Å²) >= 11 is 0. The van der Waals surface area contributed by atoms with Crippen molar-refractivity contribution >= 4 is 5.69 Å². The quantitative estimate of drug-likeness (QED) is 0.654. The number of anilines is 1. The third-order valence-electron chi connectivity index (χ3n) is 1.73. The minimum absolute atomic E-state index is 0.202. The first kappa shape index (κ1) is 13.5. The van der Waals surface area contributed by atoms with E-state index in [0.29, 0.717) is 0 Å². The Kier molecular flexibility index (Phi) is 3.44. The Morgan fingerprint density at radius 2 is 1.29 bits per heavy atom. The molecule has 2 nitrogen and oxygen atoms in total. The van der Waals surface area contributed by atoms with Crippen LogP contribution in [0.3, 0.4) is 0 Å². The lowest BCUT2D eigenvalue weighted by molar-refractivity contribution is -0.299. The lowest BCUT2D eigenvalue weighted by atomic mass is 10.3. The fraction of sp³-hybridized carbons (Fsp3) is 0.333. The zero-order chi connectivity index (χ0) is 13.3. The normalized spacial score (nSPS) is 12.9. The van der Waals surface area contributed by atoms with Crippen LogP contribution in [-0.2, 0) is 0 Å². The molecule has 0 saturated heterocycles. The molecule has 0 saturated carbocycles. The Balaban J connectivity index is 2.92. The van der Waals surface area contributed by atoms with Crippen LogP contribution in [0.2, 0.25) is 0 Å². The average molecular weight is 259 g/mol. The molecule has 0 fully saturated rings. The second kappa shape index (κ2) is 4.34. The number of hydrogen-bond donors (Lipinski definition) is 1. The van der Waals surface area contributed by atoms with Crippen LogP contribution in [-0.4, -0.2) is 18.5 Å². The zero-order valence-electron chi connectivity index (χ0n) is 8.14. The molecule has 0 unspecified atom stereocenters. The standard InChI is InChI=1S/C9H7F6NO/c10-8(11,12)7(9(13,14)15)17-6-3-1-5(16)2-4-6/h1-4,7H,16H2. The number of alkyl halides is 6. The molecule has 17 heavy (non-hydrogen) atoms. The Bertz CT molecular complexity index is 355. The number of hydrogen-bond acceptors (Lipinski definition) is 2. The highest BCUT2D eigenvalue weighted by molar-refractivity contribution is 5.41. The van der Waals surface area contributed by atoms with E-state index in [2.05, 4.69) is 4.74 Å². The average Bonchev–Trinajstić information content (AvgIpc) is 2.13. The molecule has 1 rings (SSSR count). The highest BCUT2D eigenvalue weighted by Crippen LogP contribution is 2.36. The maximum Gasteiger partial charge on any atom is 0.434 e. The number of benzene rings is 1. The second-order valence-corrected chi connectivity index (χ2v) is 3.15. The molecule has 0 aliphatic heterocycles. The van der Waals surface area contributed by atoms with Crippen molar-refractivity contribution in [1.82, 2.24) is 0 Å². The van der Waals surface area contributed by atoms with E-state index in [-0.39, 0.29) is 5.69 Å². The summed E-state index contributed by atoms with van der Waals surface area (Å²) in [5.74, 6) is -0.557. The van der Waals surface area contributed by atoms with Crippen molar-refractivity contribution in [2.45, 2.75) is 18.5 Å². The highest BCUT2D eigenvalue weighted by atomic mass is 19.4. The van der Waals surface area contributed by atoms with E-state index < -0.39 is 24.2 Å². The van der Waals surface area contributed by atoms with Crippen LogP contribution in [0, 0.1) is 0 Å². The van der Waals surface area contributed by atoms with Crippen LogP contribution in [0.1, 0.15) is 0 Å². The Labute approximate surface area is 92.0 Å². The maximum absolute atomic E-state index is 12.1. The zero-order valence-corrected chi connectivity index (χ0v) is 8.14. The van der Waals surface area contributed by atoms with Crippen molar-refractivity contribution in [3.05, 3.63) is 24.3 Å². The number of nitrogens with two attached hydrogens (primary N) is 1. The van der Waals surface area contributed by atoms with Crippen LogP contribution >= 0.6 is 0 Å². The molecule has 0 aliphatic carbocycles. The van der Waals surface area contributed by atoms with E-state index in [1.165, 1.54) is 0 Å². The molecule has 1 aromatic carbocycles. The number of rotatable bonds is 2. The van der Waals surface area contributed by atoms with Crippen LogP contribution in [0.5, 0.6) is 5.75 Å². The molecule has 0 bridgehead atoms. The summed E-state index contributed by atoms with van der Waals surface area (Å²) in [6.45, 7) is 0. The van der Waals surface area contributed by atoms with Gasteiger partial charge in [-0.1, -0.05) is 0 Å². The SMILES string of the molecule is Nc1ccc(OC(C(F)(F)F)C(F)(F)F)cc1. The lowest BCUT2D eigenvalue weighted by Gasteiger charge is -2.23. The van der Waals surface area contributed by atoms with Gasteiger partial charge >= 0.3 is 12.4 Å². The van der Waals surface area contributed by atoms with Crippen molar-refractivity contribution < 1.29 is 31.1 Å². The molecule has 8 heteroatoms. The monoisotopic (exact) mass is 259 g/mol. The molecule has 2 N–H and O–H groups in total. The van der Waals surface area contributed by atoms with Gasteiger partial charge in [-0.2, -0.15) is 26.3 Å². The van der Waals surface area contributed by atoms with Gasteiger partial charge in [-0.3, -0.25) is 0 Å². The van der Waals surface area contributed by atoms with Crippen LogP contribution < -0.4 is 10.5 Å².